The van der Waals surface area contributed by atoms with E-state index in [4.69, 9.17) is 9.47 Å². The summed E-state index contributed by atoms with van der Waals surface area (Å²) < 4.78 is 12.9. The highest BCUT2D eigenvalue weighted by molar-refractivity contribution is 5.86. The van der Waals surface area contributed by atoms with Gasteiger partial charge in [-0.2, -0.15) is 4.68 Å². The van der Waals surface area contributed by atoms with Gasteiger partial charge in [-0.05, 0) is 45.0 Å². The molecule has 0 amide bonds. The van der Waals surface area contributed by atoms with Gasteiger partial charge in [0.05, 0.1) is 18.9 Å². The van der Waals surface area contributed by atoms with Crippen LogP contribution in [0.5, 0.6) is 5.75 Å². The summed E-state index contributed by atoms with van der Waals surface area (Å²) in [6.45, 7) is 5.81. The lowest BCUT2D eigenvalue weighted by molar-refractivity contribution is 0.0509. The minimum atomic E-state index is -0.702. The van der Waals surface area contributed by atoms with Crippen molar-refractivity contribution >= 4 is 11.7 Å². The van der Waals surface area contributed by atoms with Crippen molar-refractivity contribution in [3.05, 3.63) is 46.1 Å². The second-order valence-corrected chi connectivity index (χ2v) is 5.11. The first-order valence-electron chi connectivity index (χ1n) is 7.82. The minimum Gasteiger partial charge on any atom is -0.494 e. The Balaban J connectivity index is 2.20. The minimum absolute atomic E-state index is 0.128. The molecule has 0 aliphatic rings. The number of nitrogens with zero attached hydrogens (tertiary/aromatic N) is 5. The summed E-state index contributed by atoms with van der Waals surface area (Å²) in [5.41, 5.74) is 0.300. The summed E-state index contributed by atoms with van der Waals surface area (Å²) in [6, 6.07) is 7.03. The zero-order valence-electron chi connectivity index (χ0n) is 14.1. The van der Waals surface area contributed by atoms with Gasteiger partial charge < -0.3 is 9.47 Å². The molecule has 0 saturated carbocycles. The molecule has 1 aromatic carbocycles. The lowest BCUT2D eigenvalue weighted by Crippen LogP contribution is -2.23. The number of aryl methyl sites for hydroxylation is 1. The average Bonchev–Trinajstić information content (AvgIpc) is 3.00. The van der Waals surface area contributed by atoms with Crippen molar-refractivity contribution in [1.29, 1.82) is 0 Å². The molecule has 0 atom stereocenters. The summed E-state index contributed by atoms with van der Waals surface area (Å²) in [6.07, 6.45) is 0. The van der Waals surface area contributed by atoms with Crippen LogP contribution in [0.2, 0.25) is 0 Å². The third-order valence-corrected chi connectivity index (χ3v) is 3.45. The lowest BCUT2D eigenvalue weighted by Gasteiger charge is -2.05. The molecule has 2 heterocycles. The molecule has 0 aliphatic carbocycles. The largest absolute Gasteiger partial charge is 0.494 e. The van der Waals surface area contributed by atoms with E-state index in [-0.39, 0.29) is 23.9 Å². The molecule has 130 valence electrons. The Hall–Kier alpha value is -3.23. The standard InChI is InChI=1S/C16H17N5O4/c1-4-24-12-8-6-11(7-9-12)21-16-18-17-10(3)14(22)20(16)13(19-21)15(23)25-5-2/h6-9H,4-5H2,1-3H3. The van der Waals surface area contributed by atoms with Crippen molar-refractivity contribution in [3.63, 3.8) is 0 Å². The lowest BCUT2D eigenvalue weighted by atomic mass is 10.3. The molecule has 0 spiro atoms. The summed E-state index contributed by atoms with van der Waals surface area (Å²) in [7, 11) is 0. The van der Waals surface area contributed by atoms with Gasteiger partial charge in [-0.1, -0.05) is 0 Å². The van der Waals surface area contributed by atoms with Crippen molar-refractivity contribution in [2.75, 3.05) is 13.2 Å². The monoisotopic (exact) mass is 343 g/mol. The van der Waals surface area contributed by atoms with Crippen molar-refractivity contribution < 1.29 is 14.3 Å². The van der Waals surface area contributed by atoms with Crippen molar-refractivity contribution in [3.8, 4) is 11.4 Å². The van der Waals surface area contributed by atoms with Gasteiger partial charge in [0.25, 0.3) is 11.3 Å². The SMILES string of the molecule is CCOC(=O)c1nn(-c2ccc(OCC)cc2)c2nnc(C)c(=O)n12. The highest BCUT2D eigenvalue weighted by atomic mass is 16.5. The predicted octanol–water partition coefficient (Wildman–Crippen LogP) is 1.16. The highest BCUT2D eigenvalue weighted by Crippen LogP contribution is 2.17. The molecule has 0 N–H and O–H groups in total. The molecule has 3 rings (SSSR count). The van der Waals surface area contributed by atoms with Gasteiger partial charge in [0.1, 0.15) is 11.4 Å². The Morgan fingerprint density at radius 1 is 1.12 bits per heavy atom. The fraction of sp³-hybridized carbons (Fsp3) is 0.312. The van der Waals surface area contributed by atoms with E-state index in [0.29, 0.717) is 18.0 Å². The third kappa shape index (κ3) is 2.95. The number of rotatable bonds is 5. The molecule has 9 nitrogen and oxygen atoms in total. The number of hydrogen-bond acceptors (Lipinski definition) is 7. The van der Waals surface area contributed by atoms with Gasteiger partial charge in [0.15, 0.2) is 0 Å². The Kier molecular flexibility index (Phi) is 4.46. The van der Waals surface area contributed by atoms with Crippen molar-refractivity contribution in [1.82, 2.24) is 24.4 Å². The van der Waals surface area contributed by atoms with Gasteiger partial charge in [-0.15, -0.1) is 15.3 Å². The molecule has 3 aromatic rings. The van der Waals surface area contributed by atoms with Crippen LogP contribution in [-0.2, 0) is 4.74 Å². The molecule has 0 radical (unpaired) electrons. The Morgan fingerprint density at radius 2 is 1.84 bits per heavy atom. The maximum Gasteiger partial charge on any atom is 0.376 e. The number of ether oxygens (including phenoxy) is 2. The first-order valence-corrected chi connectivity index (χ1v) is 7.82. The van der Waals surface area contributed by atoms with Gasteiger partial charge >= 0.3 is 5.97 Å². The predicted molar refractivity (Wildman–Crippen MR) is 88.2 cm³/mol. The molecule has 0 bridgehead atoms. The van der Waals surface area contributed by atoms with Gasteiger partial charge in [-0.3, -0.25) is 4.79 Å². The van der Waals surface area contributed by atoms with E-state index in [1.807, 2.05) is 6.92 Å². The van der Waals surface area contributed by atoms with Gasteiger partial charge in [0.2, 0.25) is 5.82 Å². The molecule has 0 aliphatic heterocycles. The number of hydrogen-bond donors (Lipinski definition) is 0. The van der Waals surface area contributed by atoms with Gasteiger partial charge in [0, 0.05) is 0 Å². The van der Waals surface area contributed by atoms with E-state index in [2.05, 4.69) is 15.3 Å². The smallest absolute Gasteiger partial charge is 0.376 e. The molecular formula is C16H17N5O4. The number of esters is 1. The van der Waals surface area contributed by atoms with E-state index in [1.165, 1.54) is 11.6 Å². The molecule has 0 saturated heterocycles. The summed E-state index contributed by atoms with van der Waals surface area (Å²) in [5, 5.41) is 12.1. The number of carbonyl (C=O) groups is 1. The van der Waals surface area contributed by atoms with E-state index < -0.39 is 11.5 Å². The van der Waals surface area contributed by atoms with E-state index in [9.17, 15) is 9.59 Å². The van der Waals surface area contributed by atoms with E-state index in [0.717, 1.165) is 4.40 Å². The maximum atomic E-state index is 12.4. The van der Waals surface area contributed by atoms with Crippen LogP contribution in [0.1, 0.15) is 30.2 Å². The number of fused-ring (bicyclic) bond motifs is 1. The molecular weight excluding hydrogens is 326 g/mol. The van der Waals surface area contributed by atoms with Crippen LogP contribution in [0.15, 0.2) is 29.1 Å². The third-order valence-electron chi connectivity index (χ3n) is 3.45. The molecule has 2 aromatic heterocycles. The van der Waals surface area contributed by atoms with Crippen LogP contribution in [0.4, 0.5) is 0 Å². The van der Waals surface area contributed by atoms with Crippen LogP contribution in [0, 0.1) is 6.92 Å². The van der Waals surface area contributed by atoms with E-state index in [1.54, 1.807) is 31.2 Å². The van der Waals surface area contributed by atoms with Crippen LogP contribution < -0.4 is 10.3 Å². The normalized spacial score (nSPS) is 10.8. The van der Waals surface area contributed by atoms with Gasteiger partial charge in [-0.25, -0.2) is 9.20 Å². The number of aromatic nitrogens is 5. The molecule has 9 heteroatoms. The average molecular weight is 343 g/mol. The first kappa shape index (κ1) is 16.6. The number of carbonyl (C=O) groups excluding carboxylic acids is 1. The van der Waals surface area contributed by atoms with Crippen LogP contribution in [0.25, 0.3) is 11.5 Å². The number of benzene rings is 1. The topological polar surface area (TPSA) is 101 Å². The second-order valence-electron chi connectivity index (χ2n) is 5.11. The maximum absolute atomic E-state index is 12.4. The second kappa shape index (κ2) is 6.71. The Labute approximate surface area is 142 Å². The van der Waals surface area contributed by atoms with Crippen molar-refractivity contribution in [2.45, 2.75) is 20.8 Å². The zero-order valence-corrected chi connectivity index (χ0v) is 14.1. The van der Waals surface area contributed by atoms with Crippen LogP contribution in [0.3, 0.4) is 0 Å². The van der Waals surface area contributed by atoms with E-state index >= 15 is 0 Å². The molecule has 0 unspecified atom stereocenters. The fourth-order valence-electron chi connectivity index (χ4n) is 2.32. The fourth-order valence-corrected chi connectivity index (χ4v) is 2.32. The Bertz CT molecular complexity index is 975. The van der Waals surface area contributed by atoms with Crippen LogP contribution >= 0.6 is 0 Å². The summed E-state index contributed by atoms with van der Waals surface area (Å²) in [4.78, 5) is 24.6. The highest BCUT2D eigenvalue weighted by Gasteiger charge is 2.22. The summed E-state index contributed by atoms with van der Waals surface area (Å²) in [5.74, 6) is -0.0179. The first-order chi connectivity index (χ1) is 12.1. The summed E-state index contributed by atoms with van der Waals surface area (Å²) >= 11 is 0. The Morgan fingerprint density at radius 3 is 2.48 bits per heavy atom. The quantitative estimate of drug-likeness (QED) is 0.641. The van der Waals surface area contributed by atoms with Crippen molar-refractivity contribution in [2.24, 2.45) is 0 Å². The zero-order chi connectivity index (χ0) is 18.0. The molecule has 25 heavy (non-hydrogen) atoms. The van der Waals surface area contributed by atoms with Crippen LogP contribution in [-0.4, -0.2) is 43.6 Å². The molecule has 0 fully saturated rings.